The fraction of sp³-hybridized carbons (Fsp3) is 0.471. The van der Waals surface area contributed by atoms with Crippen molar-refractivity contribution in [3.05, 3.63) is 36.4 Å². The van der Waals surface area contributed by atoms with Crippen LogP contribution in [0.5, 0.6) is 5.75 Å². The number of guanidine groups is 1. The smallest absolute Gasteiger partial charge is 0.365 e. The lowest BCUT2D eigenvalue weighted by Gasteiger charge is -2.09. The molecular weight excluding hydrogens is 276 g/mol. The van der Waals surface area contributed by atoms with Gasteiger partial charge in [-0.25, -0.2) is 0 Å². The average Bonchev–Trinajstić information content (AvgIpc) is 3.06. The Labute approximate surface area is 132 Å². The molecule has 4 N–H and O–H groups in total. The predicted molar refractivity (Wildman–Crippen MR) is 90.2 cm³/mol. The molecule has 1 aromatic rings. The number of unbranched alkanes of at least 4 members (excludes halogenated alkanes) is 3. The molecule has 0 bridgehead atoms. The lowest BCUT2D eigenvalue weighted by Crippen LogP contribution is -2.75. The average molecular weight is 303 g/mol. The van der Waals surface area contributed by atoms with Gasteiger partial charge in [0.15, 0.2) is 0 Å². The molecule has 0 aliphatic carbocycles. The van der Waals surface area contributed by atoms with Crippen molar-refractivity contribution in [2.75, 3.05) is 19.7 Å². The maximum Gasteiger partial charge on any atom is 0.365 e. The van der Waals surface area contributed by atoms with E-state index in [1.165, 1.54) is 19.3 Å². The molecule has 1 heterocycles. The van der Waals surface area contributed by atoms with E-state index in [1.807, 2.05) is 24.3 Å². The summed E-state index contributed by atoms with van der Waals surface area (Å²) in [5, 5.41) is 3.18. The molecule has 0 radical (unpaired) electrons. The van der Waals surface area contributed by atoms with Crippen LogP contribution >= 0.6 is 0 Å². The summed E-state index contributed by atoms with van der Waals surface area (Å²) in [6.07, 6.45) is 4.89. The minimum absolute atomic E-state index is 0.787. The Morgan fingerprint density at radius 1 is 1.27 bits per heavy atom. The van der Waals surface area contributed by atoms with E-state index in [0.29, 0.717) is 0 Å². The second-order valence-corrected chi connectivity index (χ2v) is 5.39. The Balaban J connectivity index is 1.72. The van der Waals surface area contributed by atoms with E-state index < -0.39 is 0 Å². The van der Waals surface area contributed by atoms with Crippen molar-refractivity contribution >= 4 is 11.7 Å². The van der Waals surface area contributed by atoms with Gasteiger partial charge < -0.3 is 4.74 Å². The molecule has 5 heteroatoms. The number of rotatable bonds is 9. The van der Waals surface area contributed by atoms with Gasteiger partial charge in [0, 0.05) is 5.56 Å². The van der Waals surface area contributed by atoms with Crippen LogP contribution in [0.4, 0.5) is 0 Å². The summed E-state index contributed by atoms with van der Waals surface area (Å²) in [7, 11) is 0. The van der Waals surface area contributed by atoms with Gasteiger partial charge in [0.25, 0.3) is 0 Å². The summed E-state index contributed by atoms with van der Waals surface area (Å²) in [5.41, 5.74) is 7.99. The fourth-order valence-electron chi connectivity index (χ4n) is 2.21. The summed E-state index contributed by atoms with van der Waals surface area (Å²) in [6.45, 7) is 8.89. The van der Waals surface area contributed by atoms with Gasteiger partial charge >= 0.3 is 5.96 Å². The van der Waals surface area contributed by atoms with Gasteiger partial charge in [-0.3, -0.25) is 15.7 Å². The van der Waals surface area contributed by atoms with E-state index in [4.69, 9.17) is 4.74 Å². The zero-order valence-corrected chi connectivity index (χ0v) is 13.4. The van der Waals surface area contributed by atoms with Gasteiger partial charge in [0.05, 0.1) is 25.4 Å². The first-order valence-corrected chi connectivity index (χ1v) is 8.08. The van der Waals surface area contributed by atoms with Crippen LogP contribution in [0.25, 0.3) is 5.70 Å². The summed E-state index contributed by atoms with van der Waals surface area (Å²) < 4.78 is 5.74. The van der Waals surface area contributed by atoms with Crippen molar-refractivity contribution in [1.29, 1.82) is 0 Å². The van der Waals surface area contributed by atoms with Gasteiger partial charge in [-0.1, -0.05) is 32.8 Å². The van der Waals surface area contributed by atoms with E-state index in [0.717, 1.165) is 49.1 Å². The Morgan fingerprint density at radius 3 is 2.77 bits per heavy atom. The van der Waals surface area contributed by atoms with Crippen LogP contribution in [0.1, 0.15) is 38.2 Å². The van der Waals surface area contributed by atoms with Crippen molar-refractivity contribution in [2.24, 2.45) is 0 Å². The Hall–Kier alpha value is -2.17. The molecular formula is C17H27N4O+. The van der Waals surface area contributed by atoms with E-state index in [9.17, 15) is 0 Å². The first kappa shape index (κ1) is 16.2. The third-order valence-corrected chi connectivity index (χ3v) is 3.54. The van der Waals surface area contributed by atoms with E-state index in [-0.39, 0.29) is 0 Å². The number of hydrogen-bond acceptors (Lipinski definition) is 4. The molecule has 0 saturated heterocycles. The second-order valence-electron chi connectivity index (χ2n) is 5.39. The molecule has 0 spiro atoms. The van der Waals surface area contributed by atoms with Crippen LogP contribution in [-0.4, -0.2) is 25.7 Å². The van der Waals surface area contributed by atoms with Crippen molar-refractivity contribution in [2.45, 2.75) is 32.6 Å². The maximum absolute atomic E-state index is 5.74. The van der Waals surface area contributed by atoms with Crippen molar-refractivity contribution in [3.63, 3.8) is 0 Å². The molecule has 2 rings (SSSR count). The highest BCUT2D eigenvalue weighted by atomic mass is 16.5. The van der Waals surface area contributed by atoms with Crippen LogP contribution in [0.3, 0.4) is 0 Å². The molecule has 0 unspecified atom stereocenters. The molecule has 0 saturated carbocycles. The molecule has 1 aliphatic heterocycles. The van der Waals surface area contributed by atoms with E-state index in [2.05, 4.69) is 34.7 Å². The van der Waals surface area contributed by atoms with Gasteiger partial charge in [-0.15, -0.1) is 0 Å². The zero-order valence-electron chi connectivity index (χ0n) is 13.4. The van der Waals surface area contributed by atoms with Crippen LogP contribution in [0, 0.1) is 0 Å². The Bertz CT molecular complexity index is 496. The fourth-order valence-corrected chi connectivity index (χ4v) is 2.21. The van der Waals surface area contributed by atoms with Crippen LogP contribution in [0.15, 0.2) is 30.8 Å². The first-order chi connectivity index (χ1) is 10.8. The third-order valence-electron chi connectivity index (χ3n) is 3.54. The first-order valence-electron chi connectivity index (χ1n) is 8.08. The quantitative estimate of drug-likeness (QED) is 0.402. The minimum Gasteiger partial charge on any atom is -0.494 e. The largest absolute Gasteiger partial charge is 0.494 e. The zero-order chi connectivity index (χ0) is 15.6. The normalized spacial score (nSPS) is 13.2. The lowest BCUT2D eigenvalue weighted by atomic mass is 10.2. The van der Waals surface area contributed by atoms with Crippen LogP contribution in [0.2, 0.25) is 0 Å². The highest BCUT2D eigenvalue weighted by Gasteiger charge is 2.11. The van der Waals surface area contributed by atoms with Crippen molar-refractivity contribution < 1.29 is 9.73 Å². The maximum atomic E-state index is 5.74. The summed E-state index contributed by atoms with van der Waals surface area (Å²) in [5.74, 6) is 1.79. The summed E-state index contributed by atoms with van der Waals surface area (Å²) >= 11 is 0. The van der Waals surface area contributed by atoms with Gasteiger partial charge in [-0.05, 0) is 30.7 Å². The molecule has 1 aromatic carbocycles. The van der Waals surface area contributed by atoms with Crippen molar-refractivity contribution in [3.8, 4) is 5.75 Å². The number of benzene rings is 1. The highest BCUT2D eigenvalue weighted by molar-refractivity contribution is 5.76. The predicted octanol–water partition coefficient (Wildman–Crippen LogP) is 0.750. The molecule has 22 heavy (non-hydrogen) atoms. The molecule has 1 aliphatic rings. The Kier molecular flexibility index (Phi) is 6.61. The van der Waals surface area contributed by atoms with E-state index >= 15 is 0 Å². The minimum atomic E-state index is 0.787. The number of hydrazine groups is 1. The van der Waals surface area contributed by atoms with Gasteiger partial charge in [0.1, 0.15) is 5.75 Å². The lowest BCUT2D eigenvalue weighted by molar-refractivity contribution is -0.447. The van der Waals surface area contributed by atoms with Crippen LogP contribution in [-0.2, 0) is 0 Å². The molecule has 5 nitrogen and oxygen atoms in total. The topological polar surface area (TPSA) is 59.3 Å². The van der Waals surface area contributed by atoms with Gasteiger partial charge in [-0.2, -0.15) is 5.43 Å². The third kappa shape index (κ3) is 5.31. The molecule has 0 fully saturated rings. The number of nitrogens with one attached hydrogen (secondary N) is 4. The van der Waals surface area contributed by atoms with E-state index in [1.54, 1.807) is 0 Å². The van der Waals surface area contributed by atoms with Crippen molar-refractivity contribution in [1.82, 2.24) is 16.2 Å². The Morgan fingerprint density at radius 2 is 2.09 bits per heavy atom. The van der Waals surface area contributed by atoms with Crippen LogP contribution < -0.4 is 25.9 Å². The highest BCUT2D eigenvalue weighted by Crippen LogP contribution is 2.16. The molecule has 0 atom stereocenters. The number of hydrogen-bond donors (Lipinski definition) is 4. The summed E-state index contributed by atoms with van der Waals surface area (Å²) in [4.78, 5) is 3.18. The summed E-state index contributed by atoms with van der Waals surface area (Å²) in [6, 6.07) is 8.00. The monoisotopic (exact) mass is 303 g/mol. The second kappa shape index (κ2) is 8.97. The van der Waals surface area contributed by atoms with Gasteiger partial charge in [0.2, 0.25) is 0 Å². The molecule has 120 valence electrons. The number of ether oxygens (including phenoxy) is 1. The molecule has 0 aromatic heterocycles. The standard InChI is InChI=1S/C17H26N4O/c1-3-4-5-6-13-22-16-9-7-15(8-10-16)14(2)20-21-17-18-11-12-19-17/h7-10,20H,2-6,11-13H2,1H3,(H2,18,19,21)/p+1. The molecule has 0 amide bonds. The SMILES string of the molecule is C=C(NNC1=[NH+]CCN1)c1ccc(OCCCCCC)cc1.